The number of nitrogens with zero attached hydrogens (tertiary/aromatic N) is 3. The van der Waals surface area contributed by atoms with Gasteiger partial charge in [0.05, 0.1) is 5.52 Å². The van der Waals surface area contributed by atoms with Gasteiger partial charge in [-0.1, -0.05) is 31.4 Å². The highest BCUT2D eigenvalue weighted by Gasteiger charge is 2.26. The Bertz CT molecular complexity index is 854. The van der Waals surface area contributed by atoms with Crippen LogP contribution < -0.4 is 15.5 Å². The third-order valence-electron chi connectivity index (χ3n) is 6.72. The number of carbonyl (C=O) groups is 1. The molecule has 2 aromatic rings. The largest absolute Gasteiger partial charge is 0.362 e. The van der Waals surface area contributed by atoms with E-state index in [1.807, 2.05) is 37.2 Å². The predicted octanol–water partition coefficient (Wildman–Crippen LogP) is 4.36. The van der Waals surface area contributed by atoms with Crippen molar-refractivity contribution in [1.82, 2.24) is 15.3 Å². The first kappa shape index (κ1) is 20.9. The fraction of sp³-hybridized carbons (Fsp3) is 0.625. The second kappa shape index (κ2) is 9.63. The highest BCUT2D eigenvalue weighted by Crippen LogP contribution is 2.28. The van der Waals surface area contributed by atoms with Gasteiger partial charge < -0.3 is 15.5 Å². The maximum absolute atomic E-state index is 12.5. The number of aromatic nitrogens is 2. The molecule has 0 bridgehead atoms. The molecular formula is C24H35N5O. The second-order valence-corrected chi connectivity index (χ2v) is 9.22. The lowest BCUT2D eigenvalue weighted by Gasteiger charge is -2.31. The van der Waals surface area contributed by atoms with Gasteiger partial charge >= 0.3 is 0 Å². The molecule has 1 heterocycles. The molecule has 2 aliphatic carbocycles. The molecule has 2 saturated carbocycles. The van der Waals surface area contributed by atoms with Crippen molar-refractivity contribution >= 4 is 28.6 Å². The van der Waals surface area contributed by atoms with Gasteiger partial charge in [-0.25, -0.2) is 4.98 Å². The van der Waals surface area contributed by atoms with E-state index >= 15 is 0 Å². The van der Waals surface area contributed by atoms with Gasteiger partial charge in [0, 0.05) is 38.0 Å². The van der Waals surface area contributed by atoms with Crippen molar-refractivity contribution in [2.24, 2.45) is 11.8 Å². The summed E-state index contributed by atoms with van der Waals surface area (Å²) < 4.78 is 0. The minimum absolute atomic E-state index is 0.258. The van der Waals surface area contributed by atoms with Crippen LogP contribution in [0, 0.1) is 11.8 Å². The van der Waals surface area contributed by atoms with Crippen LogP contribution >= 0.6 is 0 Å². The van der Waals surface area contributed by atoms with Crippen LogP contribution in [0.5, 0.6) is 0 Å². The maximum Gasteiger partial charge on any atom is 0.225 e. The van der Waals surface area contributed by atoms with Crippen LogP contribution in [0.1, 0.15) is 57.8 Å². The number of hydrogen-bond acceptors (Lipinski definition) is 5. The first-order chi connectivity index (χ1) is 14.6. The van der Waals surface area contributed by atoms with Gasteiger partial charge in [-0.2, -0.15) is 4.98 Å². The Kier molecular flexibility index (Phi) is 6.70. The van der Waals surface area contributed by atoms with Crippen molar-refractivity contribution < 1.29 is 4.79 Å². The molecule has 162 valence electrons. The number of hydrogen-bond donors (Lipinski definition) is 2. The van der Waals surface area contributed by atoms with Gasteiger partial charge in [0.1, 0.15) is 5.82 Å². The summed E-state index contributed by atoms with van der Waals surface area (Å²) in [5, 5.41) is 7.88. The molecular weight excluding hydrogens is 374 g/mol. The van der Waals surface area contributed by atoms with E-state index in [0.717, 1.165) is 61.8 Å². The quantitative estimate of drug-likeness (QED) is 0.742. The van der Waals surface area contributed by atoms with Crippen LogP contribution in [0.25, 0.3) is 10.9 Å². The number of carbonyl (C=O) groups excluding carboxylic acids is 1. The molecule has 2 aliphatic rings. The first-order valence-electron chi connectivity index (χ1n) is 11.6. The predicted molar refractivity (Wildman–Crippen MR) is 123 cm³/mol. The van der Waals surface area contributed by atoms with E-state index in [9.17, 15) is 4.79 Å². The number of rotatable bonds is 6. The van der Waals surface area contributed by atoms with Crippen LogP contribution in [0.15, 0.2) is 24.3 Å². The van der Waals surface area contributed by atoms with E-state index in [0.29, 0.717) is 23.8 Å². The number of para-hydroxylation sites is 1. The molecule has 6 nitrogen and oxygen atoms in total. The van der Waals surface area contributed by atoms with Crippen LogP contribution in [-0.2, 0) is 4.79 Å². The highest BCUT2D eigenvalue weighted by atomic mass is 16.1. The molecule has 30 heavy (non-hydrogen) atoms. The van der Waals surface area contributed by atoms with Crippen LogP contribution in [-0.4, -0.2) is 42.6 Å². The van der Waals surface area contributed by atoms with Gasteiger partial charge in [0.2, 0.25) is 11.9 Å². The zero-order valence-corrected chi connectivity index (χ0v) is 18.4. The lowest BCUT2D eigenvalue weighted by atomic mass is 9.84. The molecule has 1 aromatic heterocycles. The van der Waals surface area contributed by atoms with Gasteiger partial charge in [-0.05, 0) is 56.6 Å². The fourth-order valence-electron chi connectivity index (χ4n) is 4.91. The van der Waals surface area contributed by atoms with Crippen LogP contribution in [0.2, 0.25) is 0 Å². The average Bonchev–Trinajstić information content (AvgIpc) is 2.78. The zero-order valence-electron chi connectivity index (χ0n) is 18.4. The van der Waals surface area contributed by atoms with Crippen molar-refractivity contribution in [2.75, 3.05) is 30.9 Å². The standard InChI is InChI=1S/C24H35N5O/c1-29(2)22-20-10-6-7-11-21(20)27-24(28-22)25-16-17-12-14-19(15-13-17)26-23(30)18-8-4-3-5-9-18/h6-7,10-11,17-19H,3-5,8-9,12-16H2,1-2H3,(H,26,30)(H,25,27,28). The van der Waals surface area contributed by atoms with Crippen molar-refractivity contribution in [1.29, 1.82) is 0 Å². The van der Waals surface area contributed by atoms with E-state index in [1.165, 1.54) is 19.3 Å². The third kappa shape index (κ3) is 5.02. The minimum atomic E-state index is 0.258. The summed E-state index contributed by atoms with van der Waals surface area (Å²) in [5.41, 5.74) is 0.966. The van der Waals surface area contributed by atoms with Crippen LogP contribution in [0.3, 0.4) is 0 Å². The Morgan fingerprint density at radius 2 is 1.73 bits per heavy atom. The van der Waals surface area contributed by atoms with Crippen molar-refractivity contribution in [3.8, 4) is 0 Å². The smallest absolute Gasteiger partial charge is 0.225 e. The number of fused-ring (bicyclic) bond motifs is 1. The molecule has 1 aromatic carbocycles. The fourth-order valence-corrected chi connectivity index (χ4v) is 4.91. The third-order valence-corrected chi connectivity index (χ3v) is 6.72. The van der Waals surface area contributed by atoms with Crippen LogP contribution in [0.4, 0.5) is 11.8 Å². The number of benzene rings is 1. The Morgan fingerprint density at radius 1 is 1.00 bits per heavy atom. The molecule has 0 saturated heterocycles. The maximum atomic E-state index is 12.5. The SMILES string of the molecule is CN(C)c1nc(NCC2CCC(NC(=O)C3CCCCC3)CC2)nc2ccccc12. The molecule has 0 unspecified atom stereocenters. The Balaban J connectivity index is 1.28. The lowest BCUT2D eigenvalue weighted by molar-refractivity contribution is -0.126. The molecule has 1 amide bonds. The number of anilines is 2. The van der Waals surface area contributed by atoms with Crippen molar-refractivity contribution in [3.63, 3.8) is 0 Å². The average molecular weight is 410 g/mol. The molecule has 0 spiro atoms. The van der Waals surface area contributed by atoms with E-state index in [-0.39, 0.29) is 5.92 Å². The zero-order chi connectivity index (χ0) is 20.9. The van der Waals surface area contributed by atoms with Gasteiger partial charge in [0.15, 0.2) is 0 Å². The summed E-state index contributed by atoms with van der Waals surface area (Å²) in [6.45, 7) is 0.883. The van der Waals surface area contributed by atoms with E-state index in [2.05, 4.69) is 16.7 Å². The molecule has 2 fully saturated rings. The van der Waals surface area contributed by atoms with E-state index in [4.69, 9.17) is 9.97 Å². The molecule has 0 aliphatic heterocycles. The Hall–Kier alpha value is -2.37. The summed E-state index contributed by atoms with van der Waals surface area (Å²) in [4.78, 5) is 24.0. The second-order valence-electron chi connectivity index (χ2n) is 9.22. The summed E-state index contributed by atoms with van der Waals surface area (Å²) in [5.74, 6) is 2.80. The lowest BCUT2D eigenvalue weighted by Crippen LogP contribution is -2.42. The normalized spacial score (nSPS) is 22.6. The molecule has 2 N–H and O–H groups in total. The molecule has 4 rings (SSSR count). The summed E-state index contributed by atoms with van der Waals surface area (Å²) in [7, 11) is 4.03. The molecule has 0 radical (unpaired) electrons. The molecule has 6 heteroatoms. The number of nitrogens with one attached hydrogen (secondary N) is 2. The topological polar surface area (TPSA) is 70.2 Å². The monoisotopic (exact) mass is 409 g/mol. The minimum Gasteiger partial charge on any atom is -0.362 e. The Labute approximate surface area is 179 Å². The summed E-state index contributed by atoms with van der Waals surface area (Å²) in [6, 6.07) is 8.50. The van der Waals surface area contributed by atoms with Crippen molar-refractivity contribution in [3.05, 3.63) is 24.3 Å². The van der Waals surface area contributed by atoms with Gasteiger partial charge in [0.25, 0.3) is 0 Å². The number of amides is 1. The van der Waals surface area contributed by atoms with Gasteiger partial charge in [-0.15, -0.1) is 0 Å². The highest BCUT2D eigenvalue weighted by molar-refractivity contribution is 5.90. The van der Waals surface area contributed by atoms with E-state index in [1.54, 1.807) is 0 Å². The van der Waals surface area contributed by atoms with Crippen molar-refractivity contribution in [2.45, 2.75) is 63.8 Å². The summed E-state index contributed by atoms with van der Waals surface area (Å²) >= 11 is 0. The van der Waals surface area contributed by atoms with Gasteiger partial charge in [-0.3, -0.25) is 4.79 Å². The van der Waals surface area contributed by atoms with E-state index < -0.39 is 0 Å². The molecule has 0 atom stereocenters. The summed E-state index contributed by atoms with van der Waals surface area (Å²) in [6.07, 6.45) is 10.3. The Morgan fingerprint density at radius 3 is 2.47 bits per heavy atom. The first-order valence-corrected chi connectivity index (χ1v) is 11.6.